The Morgan fingerprint density at radius 3 is 2.79 bits per heavy atom. The van der Waals surface area contributed by atoms with Crippen molar-refractivity contribution in [3.05, 3.63) is 58.5 Å². The standard InChI is InChI=1S/C14H14ClFN2O/c1-2-14(19,9-4-3-5-11(16)6-9)12-7-10(15)8-18-13(12)17/h3-8,19H,2H2,1H3,(H2,17,18). The molecule has 3 N–H and O–H groups in total. The Morgan fingerprint density at radius 2 is 2.16 bits per heavy atom. The Kier molecular flexibility index (Phi) is 3.73. The van der Waals surface area contributed by atoms with Crippen LogP contribution in [0.4, 0.5) is 10.2 Å². The van der Waals surface area contributed by atoms with Gasteiger partial charge in [-0.15, -0.1) is 0 Å². The third kappa shape index (κ3) is 2.55. The highest BCUT2D eigenvalue weighted by molar-refractivity contribution is 6.30. The van der Waals surface area contributed by atoms with Crippen molar-refractivity contribution < 1.29 is 9.50 Å². The summed E-state index contributed by atoms with van der Waals surface area (Å²) in [6.07, 6.45) is 1.73. The van der Waals surface area contributed by atoms with Gasteiger partial charge in [-0.25, -0.2) is 9.37 Å². The second-order valence-electron chi connectivity index (χ2n) is 4.31. The van der Waals surface area contributed by atoms with E-state index in [2.05, 4.69) is 4.98 Å². The Labute approximate surface area is 115 Å². The van der Waals surface area contributed by atoms with E-state index < -0.39 is 11.4 Å². The maximum Gasteiger partial charge on any atom is 0.129 e. The van der Waals surface area contributed by atoms with E-state index in [1.54, 1.807) is 25.1 Å². The molecule has 1 aromatic carbocycles. The van der Waals surface area contributed by atoms with Crippen molar-refractivity contribution in [2.45, 2.75) is 18.9 Å². The summed E-state index contributed by atoms with van der Waals surface area (Å²) >= 11 is 5.90. The van der Waals surface area contributed by atoms with Crippen molar-refractivity contribution in [2.75, 3.05) is 5.73 Å². The van der Waals surface area contributed by atoms with Gasteiger partial charge >= 0.3 is 0 Å². The molecular formula is C14H14ClFN2O. The first kappa shape index (κ1) is 13.8. The maximum absolute atomic E-state index is 13.3. The zero-order valence-corrected chi connectivity index (χ0v) is 11.2. The molecule has 3 nitrogen and oxygen atoms in total. The number of halogens is 2. The van der Waals surface area contributed by atoms with E-state index in [0.29, 0.717) is 22.6 Å². The highest BCUT2D eigenvalue weighted by Gasteiger charge is 2.32. The van der Waals surface area contributed by atoms with E-state index in [1.807, 2.05) is 0 Å². The van der Waals surface area contributed by atoms with Crippen LogP contribution in [0.15, 0.2) is 36.5 Å². The van der Waals surface area contributed by atoms with E-state index >= 15 is 0 Å². The Balaban J connectivity index is 2.62. The molecular weight excluding hydrogens is 267 g/mol. The number of aromatic nitrogens is 1. The van der Waals surface area contributed by atoms with Gasteiger partial charge in [0.1, 0.15) is 17.2 Å². The molecule has 5 heteroatoms. The molecule has 2 rings (SSSR count). The molecule has 0 amide bonds. The van der Waals surface area contributed by atoms with Crippen molar-refractivity contribution in [2.24, 2.45) is 0 Å². The van der Waals surface area contributed by atoms with Crippen LogP contribution in [-0.2, 0) is 5.60 Å². The van der Waals surface area contributed by atoms with Gasteiger partial charge in [-0.2, -0.15) is 0 Å². The molecule has 0 aliphatic rings. The average molecular weight is 281 g/mol. The topological polar surface area (TPSA) is 59.1 Å². The first-order valence-corrected chi connectivity index (χ1v) is 6.25. The van der Waals surface area contributed by atoms with Crippen LogP contribution in [0.3, 0.4) is 0 Å². The van der Waals surface area contributed by atoms with E-state index in [0.717, 1.165) is 0 Å². The molecule has 1 atom stereocenters. The fraction of sp³-hybridized carbons (Fsp3) is 0.214. The Morgan fingerprint density at radius 1 is 1.42 bits per heavy atom. The number of nitrogens with two attached hydrogens (primary N) is 1. The number of rotatable bonds is 3. The quantitative estimate of drug-likeness (QED) is 0.908. The van der Waals surface area contributed by atoms with Crippen LogP contribution in [0.5, 0.6) is 0 Å². The van der Waals surface area contributed by atoms with Crippen molar-refractivity contribution in [3.63, 3.8) is 0 Å². The van der Waals surface area contributed by atoms with E-state index in [1.165, 1.54) is 18.3 Å². The lowest BCUT2D eigenvalue weighted by Crippen LogP contribution is -2.28. The molecule has 1 heterocycles. The van der Waals surface area contributed by atoms with Gasteiger partial charge in [-0.3, -0.25) is 0 Å². The molecule has 0 spiro atoms. The van der Waals surface area contributed by atoms with Crippen LogP contribution >= 0.6 is 11.6 Å². The van der Waals surface area contributed by atoms with Gasteiger partial charge < -0.3 is 10.8 Å². The van der Waals surface area contributed by atoms with Gasteiger partial charge in [-0.05, 0) is 30.2 Å². The lowest BCUT2D eigenvalue weighted by Gasteiger charge is -2.28. The van der Waals surface area contributed by atoms with Crippen LogP contribution < -0.4 is 5.73 Å². The van der Waals surface area contributed by atoms with E-state index in [9.17, 15) is 9.50 Å². The van der Waals surface area contributed by atoms with E-state index in [-0.39, 0.29) is 5.82 Å². The monoisotopic (exact) mass is 280 g/mol. The Bertz CT molecular complexity index is 606. The highest BCUT2D eigenvalue weighted by Crippen LogP contribution is 2.36. The molecule has 0 bridgehead atoms. The minimum atomic E-state index is -1.41. The largest absolute Gasteiger partial charge is 0.383 e. The first-order valence-electron chi connectivity index (χ1n) is 5.87. The number of anilines is 1. The van der Waals surface area contributed by atoms with Crippen molar-refractivity contribution in [3.8, 4) is 0 Å². The number of hydrogen-bond acceptors (Lipinski definition) is 3. The molecule has 2 aromatic rings. The fourth-order valence-electron chi connectivity index (χ4n) is 2.08. The third-order valence-corrected chi connectivity index (χ3v) is 3.35. The third-order valence-electron chi connectivity index (χ3n) is 3.14. The minimum Gasteiger partial charge on any atom is -0.383 e. The number of hydrogen-bond donors (Lipinski definition) is 2. The Hall–Kier alpha value is -1.65. The number of nitrogens with zero attached hydrogens (tertiary/aromatic N) is 1. The summed E-state index contributed by atoms with van der Waals surface area (Å²) in [6, 6.07) is 7.34. The summed E-state index contributed by atoms with van der Waals surface area (Å²) in [5.41, 5.74) is 5.19. The average Bonchev–Trinajstić information content (AvgIpc) is 2.40. The van der Waals surface area contributed by atoms with Crippen LogP contribution in [0.2, 0.25) is 5.02 Å². The molecule has 0 fully saturated rings. The van der Waals surface area contributed by atoms with Crippen LogP contribution in [-0.4, -0.2) is 10.1 Å². The predicted octanol–water partition coefficient (Wildman–Crippen LogP) is 3.10. The van der Waals surface area contributed by atoms with Crippen LogP contribution in [0, 0.1) is 5.82 Å². The first-order chi connectivity index (χ1) is 8.97. The fourth-order valence-corrected chi connectivity index (χ4v) is 2.23. The summed E-state index contributed by atoms with van der Waals surface area (Å²) in [7, 11) is 0. The zero-order chi connectivity index (χ0) is 14.0. The van der Waals surface area contributed by atoms with Crippen LogP contribution in [0.1, 0.15) is 24.5 Å². The smallest absolute Gasteiger partial charge is 0.129 e. The minimum absolute atomic E-state index is 0.179. The number of benzene rings is 1. The summed E-state index contributed by atoms with van der Waals surface area (Å²) < 4.78 is 13.3. The van der Waals surface area contributed by atoms with Crippen molar-refractivity contribution in [1.29, 1.82) is 0 Å². The lowest BCUT2D eigenvalue weighted by atomic mass is 9.84. The van der Waals surface area contributed by atoms with E-state index in [4.69, 9.17) is 17.3 Å². The van der Waals surface area contributed by atoms with Crippen molar-refractivity contribution >= 4 is 17.4 Å². The second kappa shape index (κ2) is 5.15. The van der Waals surface area contributed by atoms with Gasteiger partial charge in [0, 0.05) is 11.8 Å². The van der Waals surface area contributed by atoms with Crippen LogP contribution in [0.25, 0.3) is 0 Å². The van der Waals surface area contributed by atoms with Gasteiger partial charge in [-0.1, -0.05) is 30.7 Å². The number of nitrogen functional groups attached to an aromatic ring is 1. The molecule has 100 valence electrons. The molecule has 0 aliphatic heterocycles. The van der Waals surface area contributed by atoms with Crippen molar-refractivity contribution in [1.82, 2.24) is 4.98 Å². The SMILES string of the molecule is CCC(O)(c1cccc(F)c1)c1cc(Cl)cnc1N. The molecule has 0 aliphatic carbocycles. The van der Waals surface area contributed by atoms with Gasteiger partial charge in [0.25, 0.3) is 0 Å². The van der Waals surface area contributed by atoms with Gasteiger partial charge in [0.05, 0.1) is 5.02 Å². The molecule has 19 heavy (non-hydrogen) atoms. The molecule has 0 radical (unpaired) electrons. The highest BCUT2D eigenvalue weighted by atomic mass is 35.5. The normalized spacial score (nSPS) is 14.1. The maximum atomic E-state index is 13.3. The summed E-state index contributed by atoms with van der Waals surface area (Å²) in [5.74, 6) is -0.240. The summed E-state index contributed by atoms with van der Waals surface area (Å²) in [6.45, 7) is 1.78. The number of aliphatic hydroxyl groups is 1. The van der Waals surface area contributed by atoms with Gasteiger partial charge in [0.2, 0.25) is 0 Å². The zero-order valence-electron chi connectivity index (χ0n) is 10.4. The molecule has 1 aromatic heterocycles. The predicted molar refractivity (Wildman–Crippen MR) is 73.3 cm³/mol. The summed E-state index contributed by atoms with van der Waals surface area (Å²) in [4.78, 5) is 3.93. The second-order valence-corrected chi connectivity index (χ2v) is 4.75. The molecule has 0 saturated carbocycles. The number of pyridine rings is 1. The lowest BCUT2D eigenvalue weighted by molar-refractivity contribution is 0.0767. The van der Waals surface area contributed by atoms with Gasteiger partial charge in [0.15, 0.2) is 0 Å². The molecule has 1 unspecified atom stereocenters. The molecule has 0 saturated heterocycles. The summed E-state index contributed by atoms with van der Waals surface area (Å²) in [5, 5.41) is 11.2.